The van der Waals surface area contributed by atoms with E-state index < -0.39 is 59.8 Å². The Morgan fingerprint density at radius 2 is 0.892 bits per heavy atom. The highest BCUT2D eigenvalue weighted by Crippen LogP contribution is 2.26. The molecule has 1 fully saturated rings. The molecule has 0 aromatic carbocycles. The van der Waals surface area contributed by atoms with Gasteiger partial charge in [0, 0.05) is 13.0 Å². The van der Waals surface area contributed by atoms with Crippen LogP contribution in [0.5, 0.6) is 0 Å². The number of carbonyl (C=O) groups excluding carboxylic acids is 1. The SMILES string of the molecule is CC/C=C\C/C=C\C/C=C\C/C=C\C/C=C\C/C=C\CCCCCOCC(COC1OC(CO)C(O)C(OS(=O)(=O)O)C1O)OC(=O)CCCCCCCCCCC/C=C\C/C=C\C/C=C\C/C=C\C/C=C\CC. The van der Waals surface area contributed by atoms with E-state index in [-0.39, 0.29) is 19.6 Å². The van der Waals surface area contributed by atoms with Crippen LogP contribution in [0.4, 0.5) is 0 Å². The molecule has 74 heavy (non-hydrogen) atoms. The number of ether oxygens (including phenoxy) is 4. The van der Waals surface area contributed by atoms with E-state index in [1.165, 1.54) is 32.1 Å². The number of carbonyl (C=O) groups is 1. The van der Waals surface area contributed by atoms with Gasteiger partial charge in [-0.15, -0.1) is 0 Å². The summed E-state index contributed by atoms with van der Waals surface area (Å²) in [5.74, 6) is -0.424. The summed E-state index contributed by atoms with van der Waals surface area (Å²) in [7, 11) is -5.08. The third-order valence-corrected chi connectivity index (χ3v) is 12.2. The van der Waals surface area contributed by atoms with Crippen LogP contribution in [0.1, 0.15) is 181 Å². The molecule has 0 saturated carbocycles. The fraction of sp³-hybridized carbons (Fsp3) is 0.623. The van der Waals surface area contributed by atoms with Crippen molar-refractivity contribution in [2.24, 2.45) is 0 Å². The summed E-state index contributed by atoms with van der Waals surface area (Å²) in [6.45, 7) is 3.66. The van der Waals surface area contributed by atoms with Crippen molar-refractivity contribution in [3.63, 3.8) is 0 Å². The van der Waals surface area contributed by atoms with E-state index in [9.17, 15) is 33.1 Å². The maximum absolute atomic E-state index is 13.0. The van der Waals surface area contributed by atoms with Gasteiger partial charge in [-0.1, -0.05) is 199 Å². The number of aliphatic hydroxyl groups excluding tert-OH is 3. The van der Waals surface area contributed by atoms with Crippen LogP contribution in [0.25, 0.3) is 0 Å². The molecule has 0 radical (unpaired) electrons. The Bertz CT molecular complexity index is 1790. The third-order valence-electron chi connectivity index (χ3n) is 11.8. The van der Waals surface area contributed by atoms with Crippen molar-refractivity contribution in [3.05, 3.63) is 134 Å². The predicted octanol–water partition coefficient (Wildman–Crippen LogP) is 13.9. The molecule has 4 N–H and O–H groups in total. The number of allylic oxidation sites excluding steroid dienone is 22. The Labute approximate surface area is 448 Å². The van der Waals surface area contributed by atoms with E-state index in [0.717, 1.165) is 122 Å². The Balaban J connectivity index is 2.37. The van der Waals surface area contributed by atoms with Crippen molar-refractivity contribution >= 4 is 16.4 Å². The zero-order valence-corrected chi connectivity index (χ0v) is 46.2. The van der Waals surface area contributed by atoms with Crippen LogP contribution in [0.2, 0.25) is 0 Å². The molecule has 1 aliphatic rings. The molecule has 0 aromatic rings. The van der Waals surface area contributed by atoms with Gasteiger partial charge in [0.05, 0.1) is 19.8 Å². The molecule has 0 aromatic heterocycles. The Hall–Kier alpha value is -3.76. The summed E-state index contributed by atoms with van der Waals surface area (Å²) in [5, 5.41) is 30.8. The lowest BCUT2D eigenvalue weighted by molar-refractivity contribution is -0.301. The lowest BCUT2D eigenvalue weighted by Gasteiger charge is -2.41. The molecule has 0 aliphatic carbocycles. The van der Waals surface area contributed by atoms with Gasteiger partial charge in [0.2, 0.25) is 0 Å². The quantitative estimate of drug-likeness (QED) is 0.0197. The molecule has 0 amide bonds. The molecular formula is C61H98O12S. The number of esters is 1. The van der Waals surface area contributed by atoms with E-state index in [4.69, 9.17) is 18.9 Å². The predicted molar refractivity (Wildman–Crippen MR) is 303 cm³/mol. The highest BCUT2D eigenvalue weighted by molar-refractivity contribution is 7.80. The van der Waals surface area contributed by atoms with Gasteiger partial charge in [-0.25, -0.2) is 4.18 Å². The minimum Gasteiger partial charge on any atom is -0.457 e. The summed E-state index contributed by atoms with van der Waals surface area (Å²) in [5.41, 5.74) is 0. The normalized spacial score (nSPS) is 19.8. The van der Waals surface area contributed by atoms with Crippen LogP contribution < -0.4 is 0 Å². The lowest BCUT2D eigenvalue weighted by Crippen LogP contribution is -2.60. The summed E-state index contributed by atoms with van der Waals surface area (Å²) in [6.07, 6.45) is 64.8. The summed E-state index contributed by atoms with van der Waals surface area (Å²) in [4.78, 5) is 13.0. The van der Waals surface area contributed by atoms with Crippen LogP contribution in [-0.2, 0) is 38.3 Å². The molecule has 420 valence electrons. The smallest absolute Gasteiger partial charge is 0.397 e. The molecule has 13 heteroatoms. The van der Waals surface area contributed by atoms with Gasteiger partial charge in [-0.05, 0) is 109 Å². The van der Waals surface area contributed by atoms with E-state index >= 15 is 0 Å². The highest BCUT2D eigenvalue weighted by atomic mass is 32.3. The average molecular weight is 1060 g/mol. The number of unbranched alkanes of at least 4 members (excludes halogenated alkanes) is 12. The zero-order valence-electron chi connectivity index (χ0n) is 45.3. The fourth-order valence-corrected chi connectivity index (χ4v) is 8.15. The average Bonchev–Trinajstić information content (AvgIpc) is 3.38. The number of aliphatic hydroxyl groups is 3. The van der Waals surface area contributed by atoms with Gasteiger partial charge in [-0.3, -0.25) is 9.35 Å². The lowest BCUT2D eigenvalue weighted by atomic mass is 9.99. The van der Waals surface area contributed by atoms with Crippen LogP contribution in [-0.4, -0.2) is 97.5 Å². The summed E-state index contributed by atoms with van der Waals surface area (Å²) in [6, 6.07) is 0. The molecule has 6 unspecified atom stereocenters. The topological polar surface area (TPSA) is 178 Å². The minimum absolute atomic E-state index is 0.00102. The second-order valence-electron chi connectivity index (χ2n) is 18.4. The van der Waals surface area contributed by atoms with Crippen LogP contribution in [0.15, 0.2) is 134 Å². The number of hydrogen-bond donors (Lipinski definition) is 4. The number of hydrogen-bond acceptors (Lipinski definition) is 11. The van der Waals surface area contributed by atoms with Gasteiger partial charge in [0.15, 0.2) is 6.29 Å². The molecule has 12 nitrogen and oxygen atoms in total. The highest BCUT2D eigenvalue weighted by Gasteiger charge is 2.48. The first-order chi connectivity index (χ1) is 36.1. The van der Waals surface area contributed by atoms with Crippen molar-refractivity contribution in [1.29, 1.82) is 0 Å². The van der Waals surface area contributed by atoms with Crippen molar-refractivity contribution in [3.8, 4) is 0 Å². The van der Waals surface area contributed by atoms with Crippen LogP contribution in [0.3, 0.4) is 0 Å². The molecule has 0 bridgehead atoms. The van der Waals surface area contributed by atoms with E-state index in [2.05, 4.69) is 152 Å². The monoisotopic (exact) mass is 1050 g/mol. The first kappa shape index (κ1) is 68.3. The van der Waals surface area contributed by atoms with Crippen molar-refractivity contribution in [1.82, 2.24) is 0 Å². The molecule has 1 saturated heterocycles. The van der Waals surface area contributed by atoms with E-state index in [1.54, 1.807) is 0 Å². The first-order valence-corrected chi connectivity index (χ1v) is 29.3. The summed E-state index contributed by atoms with van der Waals surface area (Å²) >= 11 is 0. The Morgan fingerprint density at radius 3 is 1.30 bits per heavy atom. The van der Waals surface area contributed by atoms with Gasteiger partial charge in [-0.2, -0.15) is 8.42 Å². The van der Waals surface area contributed by atoms with Gasteiger partial charge < -0.3 is 34.3 Å². The zero-order chi connectivity index (χ0) is 53.8. The molecule has 1 rings (SSSR count). The maximum Gasteiger partial charge on any atom is 0.397 e. The Kier molecular flexibility index (Phi) is 46.2. The molecule has 0 spiro atoms. The minimum atomic E-state index is -5.08. The molecular weight excluding hydrogens is 957 g/mol. The summed E-state index contributed by atoms with van der Waals surface area (Å²) < 4.78 is 59.3. The maximum atomic E-state index is 13.0. The Morgan fingerprint density at radius 1 is 0.514 bits per heavy atom. The van der Waals surface area contributed by atoms with Gasteiger partial charge in [0.1, 0.15) is 30.5 Å². The largest absolute Gasteiger partial charge is 0.457 e. The number of rotatable bonds is 47. The van der Waals surface area contributed by atoms with Crippen molar-refractivity contribution in [2.75, 3.05) is 26.4 Å². The third kappa shape index (κ3) is 42.5. The molecule has 1 heterocycles. The van der Waals surface area contributed by atoms with Crippen molar-refractivity contribution < 1.29 is 56.2 Å². The van der Waals surface area contributed by atoms with E-state index in [1.807, 2.05) is 0 Å². The van der Waals surface area contributed by atoms with Crippen molar-refractivity contribution in [2.45, 2.75) is 218 Å². The first-order valence-electron chi connectivity index (χ1n) is 27.9. The standard InChI is InChI=1S/C61H98O12S/c1-3-5-7-9-11-13-15-17-19-21-23-25-27-28-29-30-32-34-36-38-40-42-44-46-48-50-57(63)71-55(54-70-61-59(65)60(73-74(66,67)68)58(64)56(52-62)72-61)53-69-51-49-47-45-43-41-39-37-35-33-31-26-24-22-20-18-16-14-12-10-8-6-4-2/h5-8,11-14,17-20,23-26,28-29,33,35,39,41,55-56,58-62,64-65H,3-4,9-10,15-16,21-22,27,30-32,34,36-38,40,42-54H2,1-2H3,(H,66,67,68)/b7-5-,8-6-,13-11-,14-12-,19-17-,20-18-,25-23-,26-24-,29-28-,35-33-,41-39-. The van der Waals surface area contributed by atoms with Crippen LogP contribution >= 0.6 is 0 Å². The van der Waals surface area contributed by atoms with Gasteiger partial charge in [0.25, 0.3) is 0 Å². The molecule has 1 aliphatic heterocycles. The molecule has 6 atom stereocenters. The van der Waals surface area contributed by atoms with Gasteiger partial charge >= 0.3 is 16.4 Å². The second kappa shape index (κ2) is 50.1. The van der Waals surface area contributed by atoms with Crippen LogP contribution in [0, 0.1) is 0 Å². The second-order valence-corrected chi connectivity index (χ2v) is 19.5. The fourth-order valence-electron chi connectivity index (χ4n) is 7.64. The van der Waals surface area contributed by atoms with E-state index in [0.29, 0.717) is 13.0 Å².